The van der Waals surface area contributed by atoms with Gasteiger partial charge in [-0.15, -0.1) is 0 Å². The van der Waals surface area contributed by atoms with Crippen molar-refractivity contribution in [1.29, 1.82) is 0 Å². The summed E-state index contributed by atoms with van der Waals surface area (Å²) in [6, 6.07) is 8.89. The van der Waals surface area contributed by atoms with E-state index in [4.69, 9.17) is 4.42 Å². The van der Waals surface area contributed by atoms with Gasteiger partial charge < -0.3 is 9.73 Å². The molecule has 6 nitrogen and oxygen atoms in total. The highest BCUT2D eigenvalue weighted by atomic mass is 16.3. The largest absolute Gasteiger partial charge is 0.463 e. The predicted molar refractivity (Wildman–Crippen MR) is 79.0 cm³/mol. The van der Waals surface area contributed by atoms with E-state index in [1.807, 2.05) is 26.0 Å². The van der Waals surface area contributed by atoms with Crippen molar-refractivity contribution >= 4 is 23.7 Å². The van der Waals surface area contributed by atoms with Crippen molar-refractivity contribution in [3.05, 3.63) is 53.5 Å². The number of benzene rings is 1. The molecule has 108 valence electrons. The van der Waals surface area contributed by atoms with Crippen LogP contribution in [-0.4, -0.2) is 18.0 Å². The summed E-state index contributed by atoms with van der Waals surface area (Å²) in [7, 11) is 0. The average Bonchev–Trinajstić information content (AvgIpc) is 2.95. The fourth-order valence-corrected chi connectivity index (χ4v) is 1.70. The number of amides is 2. The molecule has 0 atom stereocenters. The van der Waals surface area contributed by atoms with Gasteiger partial charge in [-0.2, -0.15) is 5.10 Å². The van der Waals surface area contributed by atoms with Gasteiger partial charge in [-0.3, -0.25) is 9.59 Å². The first-order chi connectivity index (χ1) is 10.1. The highest BCUT2D eigenvalue weighted by Crippen LogP contribution is 2.15. The van der Waals surface area contributed by atoms with Gasteiger partial charge in [0.25, 0.3) is 0 Å². The van der Waals surface area contributed by atoms with Gasteiger partial charge >= 0.3 is 11.8 Å². The van der Waals surface area contributed by atoms with Gasteiger partial charge in [0.1, 0.15) is 5.76 Å². The number of hydrogen-bond acceptors (Lipinski definition) is 4. The lowest BCUT2D eigenvalue weighted by Gasteiger charge is -2.07. The van der Waals surface area contributed by atoms with Crippen LogP contribution in [-0.2, 0) is 9.59 Å². The Kier molecular flexibility index (Phi) is 4.50. The first-order valence-electron chi connectivity index (χ1n) is 6.31. The molecule has 0 radical (unpaired) electrons. The highest BCUT2D eigenvalue weighted by Gasteiger charge is 2.13. The third kappa shape index (κ3) is 4.04. The topological polar surface area (TPSA) is 83.7 Å². The van der Waals surface area contributed by atoms with Crippen LogP contribution in [0.2, 0.25) is 0 Å². The molecule has 2 N–H and O–H groups in total. The zero-order chi connectivity index (χ0) is 15.2. The summed E-state index contributed by atoms with van der Waals surface area (Å²) in [5, 5.41) is 6.17. The van der Waals surface area contributed by atoms with E-state index in [1.165, 1.54) is 12.5 Å². The number of rotatable bonds is 3. The molecule has 0 unspecified atom stereocenters. The average molecular weight is 285 g/mol. The van der Waals surface area contributed by atoms with E-state index in [9.17, 15) is 9.59 Å². The standard InChI is InChI=1S/C15H15N3O3/c1-10-5-6-13(11(2)8-10)17-14(19)15(20)18-16-9-12-4-3-7-21-12/h3-9H,1-2H3,(H,17,19)(H,18,20)/b16-9+. The Morgan fingerprint density at radius 2 is 2.00 bits per heavy atom. The number of hydrogen-bond donors (Lipinski definition) is 2. The monoisotopic (exact) mass is 285 g/mol. The zero-order valence-corrected chi connectivity index (χ0v) is 11.7. The van der Waals surface area contributed by atoms with Crippen LogP contribution in [0.3, 0.4) is 0 Å². The predicted octanol–water partition coefficient (Wildman–Crippen LogP) is 1.99. The number of nitrogens with one attached hydrogen (secondary N) is 2. The number of carbonyl (C=O) groups excluding carboxylic acids is 2. The minimum absolute atomic E-state index is 0.477. The van der Waals surface area contributed by atoms with Gasteiger partial charge in [0.2, 0.25) is 0 Å². The summed E-state index contributed by atoms with van der Waals surface area (Å²) < 4.78 is 5.00. The molecule has 0 aliphatic heterocycles. The second kappa shape index (κ2) is 6.51. The van der Waals surface area contributed by atoms with E-state index in [2.05, 4.69) is 15.8 Å². The molecule has 0 aliphatic carbocycles. The molecule has 1 aromatic carbocycles. The van der Waals surface area contributed by atoms with E-state index in [-0.39, 0.29) is 0 Å². The fraction of sp³-hybridized carbons (Fsp3) is 0.133. The van der Waals surface area contributed by atoms with Crippen LogP contribution in [0.4, 0.5) is 5.69 Å². The van der Waals surface area contributed by atoms with Crippen molar-refractivity contribution in [3.63, 3.8) is 0 Å². The molecule has 0 aliphatic rings. The van der Waals surface area contributed by atoms with E-state index >= 15 is 0 Å². The number of hydrazone groups is 1. The van der Waals surface area contributed by atoms with Crippen LogP contribution >= 0.6 is 0 Å². The SMILES string of the molecule is Cc1ccc(NC(=O)C(=O)N/N=C/c2ccco2)c(C)c1. The molecule has 6 heteroatoms. The summed E-state index contributed by atoms with van der Waals surface area (Å²) in [6.45, 7) is 3.81. The molecule has 1 heterocycles. The molecule has 2 rings (SSSR count). The summed E-state index contributed by atoms with van der Waals surface area (Å²) in [6.07, 6.45) is 2.79. The molecular weight excluding hydrogens is 270 g/mol. The van der Waals surface area contributed by atoms with Crippen molar-refractivity contribution in [2.24, 2.45) is 5.10 Å². The quantitative estimate of drug-likeness (QED) is 0.514. The third-order valence-electron chi connectivity index (χ3n) is 2.74. The molecule has 0 fully saturated rings. The highest BCUT2D eigenvalue weighted by molar-refractivity contribution is 6.39. The second-order valence-corrected chi connectivity index (χ2v) is 4.49. The lowest BCUT2D eigenvalue weighted by molar-refractivity contribution is -0.136. The van der Waals surface area contributed by atoms with E-state index < -0.39 is 11.8 Å². The molecule has 0 spiro atoms. The van der Waals surface area contributed by atoms with Gasteiger partial charge in [0.15, 0.2) is 0 Å². The summed E-state index contributed by atoms with van der Waals surface area (Å²) in [5.74, 6) is -1.15. The second-order valence-electron chi connectivity index (χ2n) is 4.49. The van der Waals surface area contributed by atoms with Crippen LogP contribution in [0.1, 0.15) is 16.9 Å². The minimum atomic E-state index is -0.849. The van der Waals surface area contributed by atoms with Crippen molar-refractivity contribution < 1.29 is 14.0 Å². The third-order valence-corrected chi connectivity index (χ3v) is 2.74. The zero-order valence-electron chi connectivity index (χ0n) is 11.7. The Hall–Kier alpha value is -2.89. The Bertz CT molecular complexity index is 675. The van der Waals surface area contributed by atoms with Gasteiger partial charge in [-0.1, -0.05) is 17.7 Å². The van der Waals surface area contributed by atoms with E-state index in [0.29, 0.717) is 11.4 Å². The number of carbonyl (C=O) groups is 2. The van der Waals surface area contributed by atoms with Crippen molar-refractivity contribution in [3.8, 4) is 0 Å². The van der Waals surface area contributed by atoms with Crippen LogP contribution in [0, 0.1) is 13.8 Å². The Balaban J connectivity index is 1.92. The first kappa shape index (κ1) is 14.5. The van der Waals surface area contributed by atoms with E-state index in [0.717, 1.165) is 11.1 Å². The minimum Gasteiger partial charge on any atom is -0.463 e. The van der Waals surface area contributed by atoms with Crippen LogP contribution in [0.25, 0.3) is 0 Å². The van der Waals surface area contributed by atoms with E-state index in [1.54, 1.807) is 18.2 Å². The summed E-state index contributed by atoms with van der Waals surface area (Å²) in [5.41, 5.74) is 4.69. The van der Waals surface area contributed by atoms with Crippen molar-refractivity contribution in [2.45, 2.75) is 13.8 Å². The van der Waals surface area contributed by atoms with Crippen molar-refractivity contribution in [2.75, 3.05) is 5.32 Å². The van der Waals surface area contributed by atoms with Crippen LogP contribution in [0.5, 0.6) is 0 Å². The van der Waals surface area contributed by atoms with Gasteiger partial charge in [-0.25, -0.2) is 5.43 Å². The van der Waals surface area contributed by atoms with Gasteiger partial charge in [-0.05, 0) is 37.6 Å². The molecule has 0 saturated carbocycles. The summed E-state index contributed by atoms with van der Waals surface area (Å²) >= 11 is 0. The maximum Gasteiger partial charge on any atom is 0.329 e. The van der Waals surface area contributed by atoms with Gasteiger partial charge in [0.05, 0.1) is 12.5 Å². The lowest BCUT2D eigenvalue weighted by Crippen LogP contribution is -2.32. The molecule has 0 bridgehead atoms. The Morgan fingerprint density at radius 3 is 2.67 bits per heavy atom. The summed E-state index contributed by atoms with van der Waals surface area (Å²) in [4.78, 5) is 23.3. The molecule has 0 saturated heterocycles. The first-order valence-corrected chi connectivity index (χ1v) is 6.31. The molecule has 1 aromatic heterocycles. The fourth-order valence-electron chi connectivity index (χ4n) is 1.70. The molecule has 2 amide bonds. The number of anilines is 1. The number of aryl methyl sites for hydroxylation is 2. The Morgan fingerprint density at radius 1 is 1.19 bits per heavy atom. The normalized spacial score (nSPS) is 10.6. The Labute approximate surface area is 121 Å². The lowest BCUT2D eigenvalue weighted by atomic mass is 10.1. The number of furan rings is 1. The van der Waals surface area contributed by atoms with Crippen LogP contribution < -0.4 is 10.7 Å². The smallest absolute Gasteiger partial charge is 0.329 e. The number of nitrogens with zero attached hydrogens (tertiary/aromatic N) is 1. The van der Waals surface area contributed by atoms with Gasteiger partial charge in [0, 0.05) is 5.69 Å². The van der Waals surface area contributed by atoms with Crippen molar-refractivity contribution in [1.82, 2.24) is 5.43 Å². The molecule has 2 aromatic rings. The maximum absolute atomic E-state index is 11.7. The molecular formula is C15H15N3O3. The van der Waals surface area contributed by atoms with Crippen LogP contribution in [0.15, 0.2) is 46.1 Å². The molecule has 21 heavy (non-hydrogen) atoms. The maximum atomic E-state index is 11.7.